The molecule has 0 saturated carbocycles. The number of carbonyl (C=O) groups excluding carboxylic acids is 1. The predicted octanol–water partition coefficient (Wildman–Crippen LogP) is 0.428. The third kappa shape index (κ3) is 3.43. The molecule has 132 valence electrons. The fourth-order valence-corrected chi connectivity index (χ4v) is 4.95. The summed E-state index contributed by atoms with van der Waals surface area (Å²) in [6.07, 6.45) is 0.733. The molecule has 0 bridgehead atoms. The molecule has 1 amide bonds. The highest BCUT2D eigenvalue weighted by Crippen LogP contribution is 2.25. The number of hydrogen-bond acceptors (Lipinski definition) is 5. The lowest BCUT2D eigenvalue weighted by molar-refractivity contribution is -0.134. The SMILES string of the molecule is CC1CC(C(=O)N2CCN(S(=O)(=O)c3ccccc3Cl)CC2)NN1. The van der Waals surface area contributed by atoms with Crippen molar-refractivity contribution >= 4 is 27.5 Å². The highest BCUT2D eigenvalue weighted by Gasteiger charge is 2.35. The van der Waals surface area contributed by atoms with Crippen LogP contribution in [-0.2, 0) is 14.8 Å². The van der Waals surface area contributed by atoms with E-state index >= 15 is 0 Å². The largest absolute Gasteiger partial charge is 0.339 e. The van der Waals surface area contributed by atoms with Crippen LogP contribution in [0.1, 0.15) is 13.3 Å². The van der Waals surface area contributed by atoms with Crippen LogP contribution in [0.25, 0.3) is 0 Å². The van der Waals surface area contributed by atoms with Crippen LogP contribution in [0.4, 0.5) is 0 Å². The second-order valence-corrected chi connectivity index (χ2v) is 8.45. The molecule has 7 nitrogen and oxygen atoms in total. The summed E-state index contributed by atoms with van der Waals surface area (Å²) in [4.78, 5) is 14.3. The summed E-state index contributed by atoms with van der Waals surface area (Å²) in [6.45, 7) is 3.32. The topological polar surface area (TPSA) is 81.8 Å². The van der Waals surface area contributed by atoms with E-state index in [0.717, 1.165) is 6.42 Å². The van der Waals surface area contributed by atoms with Gasteiger partial charge in [0.15, 0.2) is 0 Å². The zero-order valence-corrected chi connectivity index (χ0v) is 15.0. The number of benzene rings is 1. The fraction of sp³-hybridized carbons (Fsp3) is 0.533. The number of nitrogens with zero attached hydrogens (tertiary/aromatic N) is 2. The third-order valence-corrected chi connectivity index (χ3v) is 6.79. The summed E-state index contributed by atoms with van der Waals surface area (Å²) in [7, 11) is -3.63. The summed E-state index contributed by atoms with van der Waals surface area (Å²) in [6, 6.07) is 6.42. The maximum absolute atomic E-state index is 12.7. The number of hydrogen-bond donors (Lipinski definition) is 2. The van der Waals surface area contributed by atoms with Crippen molar-refractivity contribution in [2.75, 3.05) is 26.2 Å². The van der Waals surface area contributed by atoms with Crippen molar-refractivity contribution in [1.82, 2.24) is 20.1 Å². The lowest BCUT2D eigenvalue weighted by atomic mass is 10.1. The minimum Gasteiger partial charge on any atom is -0.339 e. The molecule has 9 heteroatoms. The first-order valence-electron chi connectivity index (χ1n) is 7.94. The molecule has 1 aromatic carbocycles. The molecule has 1 aromatic rings. The lowest BCUT2D eigenvalue weighted by Gasteiger charge is -2.35. The van der Waals surface area contributed by atoms with E-state index in [9.17, 15) is 13.2 Å². The van der Waals surface area contributed by atoms with Gasteiger partial charge in [-0.3, -0.25) is 10.2 Å². The van der Waals surface area contributed by atoms with Gasteiger partial charge in [-0.05, 0) is 25.5 Å². The van der Waals surface area contributed by atoms with Crippen LogP contribution in [0.2, 0.25) is 5.02 Å². The van der Waals surface area contributed by atoms with E-state index in [1.165, 1.54) is 10.4 Å². The van der Waals surface area contributed by atoms with Crippen molar-refractivity contribution in [3.05, 3.63) is 29.3 Å². The van der Waals surface area contributed by atoms with Crippen LogP contribution in [0.15, 0.2) is 29.2 Å². The van der Waals surface area contributed by atoms with E-state index < -0.39 is 10.0 Å². The monoisotopic (exact) mass is 372 g/mol. The van der Waals surface area contributed by atoms with Crippen molar-refractivity contribution in [3.63, 3.8) is 0 Å². The first kappa shape index (κ1) is 17.6. The number of sulfonamides is 1. The Labute approximate surface area is 147 Å². The summed E-state index contributed by atoms with van der Waals surface area (Å²) in [5.41, 5.74) is 6.02. The molecule has 2 unspecified atom stereocenters. The Morgan fingerprint density at radius 1 is 1.17 bits per heavy atom. The van der Waals surface area contributed by atoms with Crippen LogP contribution < -0.4 is 10.9 Å². The second kappa shape index (κ2) is 6.97. The number of halogens is 1. The minimum absolute atomic E-state index is 0.0154. The smallest absolute Gasteiger partial charge is 0.244 e. The molecule has 0 spiro atoms. The zero-order chi connectivity index (χ0) is 17.3. The molecule has 2 aliphatic rings. The molecule has 2 aliphatic heterocycles. The average molecular weight is 373 g/mol. The van der Waals surface area contributed by atoms with Gasteiger partial charge in [0.25, 0.3) is 0 Å². The van der Waals surface area contributed by atoms with Gasteiger partial charge in [0.05, 0.1) is 5.02 Å². The summed E-state index contributed by atoms with van der Waals surface area (Å²) in [5, 5.41) is 0.214. The van der Waals surface area contributed by atoms with Gasteiger partial charge in [-0.25, -0.2) is 13.8 Å². The number of hydrazine groups is 1. The minimum atomic E-state index is -3.63. The molecule has 2 atom stereocenters. The molecule has 0 aromatic heterocycles. The quantitative estimate of drug-likeness (QED) is 0.804. The first-order valence-corrected chi connectivity index (χ1v) is 9.76. The molecule has 2 N–H and O–H groups in total. The average Bonchev–Trinajstić information content (AvgIpc) is 3.01. The van der Waals surface area contributed by atoms with E-state index in [4.69, 9.17) is 11.6 Å². The second-order valence-electron chi connectivity index (χ2n) is 6.14. The molecule has 2 fully saturated rings. The fourth-order valence-electron chi connectivity index (χ4n) is 3.04. The standard InChI is InChI=1S/C15H21ClN4O3S/c1-11-10-13(18-17-11)15(21)19-6-8-20(9-7-19)24(22,23)14-5-3-2-4-12(14)16/h2-5,11,13,17-18H,6-10H2,1H3. The highest BCUT2D eigenvalue weighted by atomic mass is 35.5. The van der Waals surface area contributed by atoms with Gasteiger partial charge in [0, 0.05) is 32.2 Å². The maximum atomic E-state index is 12.7. The van der Waals surface area contributed by atoms with Crippen molar-refractivity contribution in [2.24, 2.45) is 0 Å². The lowest BCUT2D eigenvalue weighted by Crippen LogP contribution is -2.54. The van der Waals surface area contributed by atoms with Crippen molar-refractivity contribution < 1.29 is 13.2 Å². The summed E-state index contributed by atoms with van der Waals surface area (Å²) >= 11 is 6.02. The van der Waals surface area contributed by atoms with E-state index in [1.54, 1.807) is 23.1 Å². The van der Waals surface area contributed by atoms with Crippen LogP contribution in [-0.4, -0.2) is 61.8 Å². The van der Waals surface area contributed by atoms with E-state index in [2.05, 4.69) is 10.9 Å². The summed E-state index contributed by atoms with van der Waals surface area (Å²) in [5.74, 6) is 0.0154. The van der Waals surface area contributed by atoms with Gasteiger partial charge in [0.1, 0.15) is 10.9 Å². The Morgan fingerprint density at radius 3 is 2.42 bits per heavy atom. The Bertz CT molecular complexity index is 719. The molecular weight excluding hydrogens is 352 g/mol. The Morgan fingerprint density at radius 2 is 1.83 bits per heavy atom. The maximum Gasteiger partial charge on any atom is 0.244 e. The number of rotatable bonds is 3. The van der Waals surface area contributed by atoms with Gasteiger partial charge in [-0.15, -0.1) is 0 Å². The van der Waals surface area contributed by atoms with Gasteiger partial charge >= 0.3 is 0 Å². The first-order chi connectivity index (χ1) is 11.4. The summed E-state index contributed by atoms with van der Waals surface area (Å²) < 4.78 is 26.8. The van der Waals surface area contributed by atoms with E-state index in [1.807, 2.05) is 6.92 Å². The Balaban J connectivity index is 1.65. The Hall–Kier alpha value is -1.19. The van der Waals surface area contributed by atoms with Crippen molar-refractivity contribution in [1.29, 1.82) is 0 Å². The van der Waals surface area contributed by atoms with Gasteiger partial charge < -0.3 is 4.90 Å². The molecule has 3 rings (SSSR count). The normalized spacial score (nSPS) is 25.8. The van der Waals surface area contributed by atoms with E-state index in [-0.39, 0.29) is 41.0 Å². The zero-order valence-electron chi connectivity index (χ0n) is 13.4. The van der Waals surface area contributed by atoms with Crippen LogP contribution in [0, 0.1) is 0 Å². The van der Waals surface area contributed by atoms with Crippen LogP contribution >= 0.6 is 11.6 Å². The van der Waals surface area contributed by atoms with Crippen molar-refractivity contribution in [2.45, 2.75) is 30.3 Å². The molecule has 2 saturated heterocycles. The molecule has 0 radical (unpaired) electrons. The van der Waals surface area contributed by atoms with Gasteiger partial charge in [0.2, 0.25) is 15.9 Å². The van der Waals surface area contributed by atoms with Gasteiger partial charge in [-0.1, -0.05) is 23.7 Å². The third-order valence-electron chi connectivity index (χ3n) is 4.40. The molecule has 0 aliphatic carbocycles. The van der Waals surface area contributed by atoms with Crippen LogP contribution in [0.5, 0.6) is 0 Å². The molecule has 24 heavy (non-hydrogen) atoms. The number of nitrogens with one attached hydrogen (secondary N) is 2. The molecule has 2 heterocycles. The molecular formula is C15H21ClN4O3S. The highest BCUT2D eigenvalue weighted by molar-refractivity contribution is 7.89. The Kier molecular flexibility index (Phi) is 5.12. The predicted molar refractivity (Wildman–Crippen MR) is 90.9 cm³/mol. The number of carbonyl (C=O) groups is 1. The number of amides is 1. The van der Waals surface area contributed by atoms with Crippen LogP contribution in [0.3, 0.4) is 0 Å². The number of piperazine rings is 1. The van der Waals surface area contributed by atoms with Gasteiger partial charge in [-0.2, -0.15) is 4.31 Å². The van der Waals surface area contributed by atoms with Crippen molar-refractivity contribution in [3.8, 4) is 0 Å². The van der Waals surface area contributed by atoms with E-state index in [0.29, 0.717) is 13.1 Å².